The maximum absolute atomic E-state index is 5.87. The van der Waals surface area contributed by atoms with Crippen LogP contribution in [-0.2, 0) is 0 Å². The third-order valence-electron chi connectivity index (χ3n) is 2.18. The van der Waals surface area contributed by atoms with Gasteiger partial charge in [-0.1, -0.05) is 12.1 Å². The highest BCUT2D eigenvalue weighted by Gasteiger charge is 2.24. The molecule has 0 amide bonds. The van der Waals surface area contributed by atoms with E-state index in [4.69, 9.17) is 15.2 Å². The van der Waals surface area contributed by atoms with Crippen LogP contribution in [-0.4, -0.2) is 12.7 Å². The van der Waals surface area contributed by atoms with Crippen molar-refractivity contribution in [3.8, 4) is 11.5 Å². The van der Waals surface area contributed by atoms with E-state index in [1.165, 1.54) is 0 Å². The second-order valence-corrected chi connectivity index (χ2v) is 3.76. The van der Waals surface area contributed by atoms with Crippen molar-refractivity contribution in [3.63, 3.8) is 0 Å². The van der Waals surface area contributed by atoms with E-state index < -0.39 is 0 Å². The van der Waals surface area contributed by atoms with Gasteiger partial charge in [-0.15, -0.1) is 0 Å². The molecule has 3 nitrogen and oxygen atoms in total. The fraction of sp³-hybridized carbons (Fsp3) is 0.455. The Bertz CT molecular complexity index is 336. The van der Waals surface area contributed by atoms with Crippen molar-refractivity contribution in [2.75, 3.05) is 6.61 Å². The van der Waals surface area contributed by atoms with Gasteiger partial charge in [-0.05, 0) is 19.9 Å². The van der Waals surface area contributed by atoms with Gasteiger partial charge in [0.2, 0.25) is 0 Å². The predicted molar refractivity (Wildman–Crippen MR) is 54.6 cm³/mol. The molecule has 0 aromatic heterocycles. The van der Waals surface area contributed by atoms with E-state index >= 15 is 0 Å². The number of rotatable bonds is 2. The SMILES string of the molecule is CC(C)Oc1cccc2c1OCC2N. The Kier molecular flexibility index (Phi) is 2.33. The van der Waals surface area contributed by atoms with Gasteiger partial charge in [0.05, 0.1) is 12.1 Å². The summed E-state index contributed by atoms with van der Waals surface area (Å²) in [7, 11) is 0. The summed E-state index contributed by atoms with van der Waals surface area (Å²) < 4.78 is 11.1. The zero-order valence-corrected chi connectivity index (χ0v) is 8.49. The Morgan fingerprint density at radius 1 is 1.50 bits per heavy atom. The number of para-hydroxylation sites is 1. The van der Waals surface area contributed by atoms with Gasteiger partial charge in [-0.25, -0.2) is 0 Å². The number of ether oxygens (including phenoxy) is 2. The number of benzene rings is 1. The number of nitrogens with two attached hydrogens (primary N) is 1. The molecule has 0 bridgehead atoms. The van der Waals surface area contributed by atoms with Crippen LogP contribution < -0.4 is 15.2 Å². The van der Waals surface area contributed by atoms with E-state index in [0.717, 1.165) is 17.1 Å². The molecule has 2 N–H and O–H groups in total. The second kappa shape index (κ2) is 3.50. The van der Waals surface area contributed by atoms with Crippen LogP contribution >= 0.6 is 0 Å². The molecule has 1 aromatic rings. The van der Waals surface area contributed by atoms with E-state index in [1.807, 2.05) is 32.0 Å². The molecular formula is C11H15NO2. The molecule has 0 aliphatic carbocycles. The molecule has 0 fully saturated rings. The molecule has 1 aromatic carbocycles. The first-order valence-corrected chi connectivity index (χ1v) is 4.86. The molecule has 0 spiro atoms. The monoisotopic (exact) mass is 193 g/mol. The second-order valence-electron chi connectivity index (χ2n) is 3.76. The fourth-order valence-corrected chi connectivity index (χ4v) is 1.59. The molecule has 2 rings (SSSR count). The average molecular weight is 193 g/mol. The topological polar surface area (TPSA) is 44.5 Å². The number of hydrogen-bond acceptors (Lipinski definition) is 3. The minimum Gasteiger partial charge on any atom is -0.487 e. The lowest BCUT2D eigenvalue weighted by molar-refractivity contribution is 0.226. The van der Waals surface area contributed by atoms with Crippen LogP contribution in [0.5, 0.6) is 11.5 Å². The number of fused-ring (bicyclic) bond motifs is 1. The van der Waals surface area contributed by atoms with Gasteiger partial charge in [-0.2, -0.15) is 0 Å². The predicted octanol–water partition coefficient (Wildman–Crippen LogP) is 1.87. The first kappa shape index (κ1) is 9.34. The molecule has 0 saturated heterocycles. The van der Waals surface area contributed by atoms with Gasteiger partial charge in [-0.3, -0.25) is 0 Å². The van der Waals surface area contributed by atoms with E-state index in [0.29, 0.717) is 6.61 Å². The molecule has 1 aliphatic heterocycles. The minimum atomic E-state index is -0.0132. The molecule has 1 heterocycles. The molecule has 3 heteroatoms. The summed E-state index contributed by atoms with van der Waals surface area (Å²) >= 11 is 0. The maximum Gasteiger partial charge on any atom is 0.166 e. The maximum atomic E-state index is 5.87. The smallest absolute Gasteiger partial charge is 0.166 e. The van der Waals surface area contributed by atoms with Crippen molar-refractivity contribution in [1.82, 2.24) is 0 Å². The molecule has 14 heavy (non-hydrogen) atoms. The van der Waals surface area contributed by atoms with Gasteiger partial charge >= 0.3 is 0 Å². The van der Waals surface area contributed by atoms with Crippen LogP contribution in [0.25, 0.3) is 0 Å². The molecular weight excluding hydrogens is 178 g/mol. The largest absolute Gasteiger partial charge is 0.487 e. The lowest BCUT2D eigenvalue weighted by Gasteiger charge is -2.12. The van der Waals surface area contributed by atoms with Crippen molar-refractivity contribution in [3.05, 3.63) is 23.8 Å². The average Bonchev–Trinajstić information content (AvgIpc) is 2.49. The first-order chi connectivity index (χ1) is 6.68. The van der Waals surface area contributed by atoms with Gasteiger partial charge in [0, 0.05) is 5.56 Å². The van der Waals surface area contributed by atoms with Gasteiger partial charge in [0.25, 0.3) is 0 Å². The van der Waals surface area contributed by atoms with Crippen molar-refractivity contribution in [2.45, 2.75) is 26.0 Å². The highest BCUT2D eigenvalue weighted by atomic mass is 16.5. The van der Waals surface area contributed by atoms with Crippen molar-refractivity contribution < 1.29 is 9.47 Å². The highest BCUT2D eigenvalue weighted by Crippen LogP contribution is 2.39. The van der Waals surface area contributed by atoms with Crippen LogP contribution in [0.3, 0.4) is 0 Å². The molecule has 0 saturated carbocycles. The highest BCUT2D eigenvalue weighted by molar-refractivity contribution is 5.50. The zero-order chi connectivity index (χ0) is 10.1. The normalized spacial score (nSPS) is 19.3. The quantitative estimate of drug-likeness (QED) is 0.779. The van der Waals surface area contributed by atoms with Gasteiger partial charge in [0.1, 0.15) is 6.61 Å². The molecule has 76 valence electrons. The zero-order valence-electron chi connectivity index (χ0n) is 8.49. The Hall–Kier alpha value is -1.22. The standard InChI is InChI=1S/C11H15NO2/c1-7(2)14-10-5-3-4-8-9(12)6-13-11(8)10/h3-5,7,9H,6,12H2,1-2H3. The van der Waals surface area contributed by atoms with E-state index in [1.54, 1.807) is 0 Å². The van der Waals surface area contributed by atoms with Crippen LogP contribution in [0, 0.1) is 0 Å². The molecule has 1 aliphatic rings. The first-order valence-electron chi connectivity index (χ1n) is 4.86. The Balaban J connectivity index is 2.34. The van der Waals surface area contributed by atoms with E-state index in [9.17, 15) is 0 Å². The minimum absolute atomic E-state index is 0.0132. The van der Waals surface area contributed by atoms with E-state index in [2.05, 4.69) is 0 Å². The summed E-state index contributed by atoms with van der Waals surface area (Å²) in [6.45, 7) is 4.54. The third kappa shape index (κ3) is 1.55. The summed E-state index contributed by atoms with van der Waals surface area (Å²) in [4.78, 5) is 0. The fourth-order valence-electron chi connectivity index (χ4n) is 1.59. The Morgan fingerprint density at radius 2 is 2.29 bits per heavy atom. The van der Waals surface area contributed by atoms with Crippen LogP contribution in [0.1, 0.15) is 25.5 Å². The van der Waals surface area contributed by atoms with Crippen molar-refractivity contribution in [1.29, 1.82) is 0 Å². The van der Waals surface area contributed by atoms with Crippen LogP contribution in [0.4, 0.5) is 0 Å². The van der Waals surface area contributed by atoms with Gasteiger partial charge < -0.3 is 15.2 Å². The summed E-state index contributed by atoms with van der Waals surface area (Å²) in [6, 6.07) is 5.84. The summed E-state index contributed by atoms with van der Waals surface area (Å²) in [5.74, 6) is 1.61. The van der Waals surface area contributed by atoms with E-state index in [-0.39, 0.29) is 12.1 Å². The summed E-state index contributed by atoms with van der Waals surface area (Å²) in [6.07, 6.45) is 0.155. The van der Waals surface area contributed by atoms with Crippen LogP contribution in [0.15, 0.2) is 18.2 Å². The Labute approximate surface area is 83.8 Å². The van der Waals surface area contributed by atoms with Gasteiger partial charge in [0.15, 0.2) is 11.5 Å². The Morgan fingerprint density at radius 3 is 3.00 bits per heavy atom. The summed E-state index contributed by atoms with van der Waals surface area (Å²) in [5.41, 5.74) is 6.91. The van der Waals surface area contributed by atoms with Crippen molar-refractivity contribution in [2.24, 2.45) is 5.73 Å². The van der Waals surface area contributed by atoms with Crippen molar-refractivity contribution >= 4 is 0 Å². The molecule has 1 unspecified atom stereocenters. The third-order valence-corrected chi connectivity index (χ3v) is 2.18. The number of hydrogen-bond donors (Lipinski definition) is 1. The molecule has 1 atom stereocenters. The molecule has 0 radical (unpaired) electrons. The van der Waals surface area contributed by atoms with Crippen LogP contribution in [0.2, 0.25) is 0 Å². The lowest BCUT2D eigenvalue weighted by atomic mass is 10.1. The lowest BCUT2D eigenvalue weighted by Crippen LogP contribution is -2.10. The summed E-state index contributed by atoms with van der Waals surface area (Å²) in [5, 5.41) is 0.